The van der Waals surface area contributed by atoms with Crippen molar-refractivity contribution in [2.45, 2.75) is 91.9 Å². The van der Waals surface area contributed by atoms with Gasteiger partial charge in [-0.2, -0.15) is 4.72 Å². The Hall–Kier alpha value is -0.0831. The van der Waals surface area contributed by atoms with Crippen molar-refractivity contribution in [1.82, 2.24) is 4.72 Å². The Labute approximate surface area is 200 Å². The summed E-state index contributed by atoms with van der Waals surface area (Å²) in [6.45, 7) is 10.6. The molecule has 10 heteroatoms. The van der Waals surface area contributed by atoms with Gasteiger partial charge in [0, 0.05) is 0 Å². The first kappa shape index (κ1) is 25.5. The van der Waals surface area contributed by atoms with E-state index in [1.165, 1.54) is 0 Å². The van der Waals surface area contributed by atoms with Gasteiger partial charge in [0.15, 0.2) is 14.1 Å². The van der Waals surface area contributed by atoms with Crippen LogP contribution in [0, 0.1) is 0 Å². The lowest BCUT2D eigenvalue weighted by Gasteiger charge is -2.52. The number of alkyl halides is 1. The number of rotatable bonds is 8. The van der Waals surface area contributed by atoms with E-state index in [1.54, 1.807) is 30.3 Å². The van der Waals surface area contributed by atoms with Gasteiger partial charge in [-0.25, -0.2) is 8.42 Å². The number of hydrogen-bond donors (Lipinski definition) is 1. The van der Waals surface area contributed by atoms with Crippen molar-refractivity contribution >= 4 is 40.9 Å². The Balaban J connectivity index is 1.90. The number of hydrogen-bond acceptors (Lipinski definition) is 6. The normalized spacial score (nSPS) is 31.2. The molecule has 0 aliphatic carbocycles. The largest absolute Gasteiger partial charge is 0.410 e. The van der Waals surface area contributed by atoms with Crippen LogP contribution in [0.4, 0.5) is 0 Å². The summed E-state index contributed by atoms with van der Waals surface area (Å²) in [6, 6.07) is 11.3. The summed E-state index contributed by atoms with van der Waals surface area (Å²) in [5.41, 5.74) is 0. The Morgan fingerprint density at radius 1 is 1.16 bits per heavy atom. The zero-order chi connectivity index (χ0) is 22.9. The second-order valence-electron chi connectivity index (χ2n) is 8.59. The van der Waals surface area contributed by atoms with Crippen LogP contribution in [0.2, 0.25) is 18.1 Å². The SMILES string of the molecule is CC[Si](CC)(CC)O[C@@H]1[C@H](I)[C@@H](NS(=O)(=O)c2ccccc2)O[C@@H]2COC(C)(C)O[C@@H]12. The van der Waals surface area contributed by atoms with E-state index in [-0.39, 0.29) is 21.0 Å². The number of ether oxygens (including phenoxy) is 3. The summed E-state index contributed by atoms with van der Waals surface area (Å²) in [7, 11) is -5.72. The molecular weight excluding hydrogens is 549 g/mol. The lowest BCUT2D eigenvalue weighted by atomic mass is 9.99. The predicted octanol–water partition coefficient (Wildman–Crippen LogP) is 4.04. The lowest BCUT2D eigenvalue weighted by Crippen LogP contribution is -2.67. The molecule has 2 fully saturated rings. The fourth-order valence-electron chi connectivity index (χ4n) is 4.16. The summed E-state index contributed by atoms with van der Waals surface area (Å²) >= 11 is 2.25. The zero-order valence-corrected chi connectivity index (χ0v) is 22.8. The standard InChI is InChI=1S/C21H34INO6SSi/c1-6-31(7-2,8-3)29-19-17(22)20(23-30(24,25)15-12-10-9-11-13-15)27-16-14-26-21(4,5)28-18(16)19/h9-13,16-20,23H,6-8,14H2,1-5H3/t16-,17+,18-,19-,20+/m1/s1. The molecule has 5 atom stereocenters. The van der Waals surface area contributed by atoms with Gasteiger partial charge < -0.3 is 18.6 Å². The molecule has 2 aliphatic rings. The van der Waals surface area contributed by atoms with Crippen LogP contribution in [0.15, 0.2) is 35.2 Å². The Kier molecular flexibility index (Phi) is 8.27. The maximum atomic E-state index is 13.0. The average molecular weight is 584 g/mol. The maximum Gasteiger partial charge on any atom is 0.242 e. The van der Waals surface area contributed by atoms with Gasteiger partial charge in [0.1, 0.15) is 18.4 Å². The van der Waals surface area contributed by atoms with Crippen molar-refractivity contribution in [1.29, 1.82) is 0 Å². The molecule has 0 saturated carbocycles. The fourth-order valence-corrected chi connectivity index (χ4v) is 9.61. The van der Waals surface area contributed by atoms with Gasteiger partial charge in [-0.15, -0.1) is 0 Å². The van der Waals surface area contributed by atoms with E-state index < -0.39 is 36.5 Å². The first-order chi connectivity index (χ1) is 14.6. The van der Waals surface area contributed by atoms with Gasteiger partial charge in [-0.3, -0.25) is 0 Å². The Bertz CT molecular complexity index is 827. The van der Waals surface area contributed by atoms with Gasteiger partial charge in [-0.1, -0.05) is 61.6 Å². The van der Waals surface area contributed by atoms with Crippen molar-refractivity contribution < 1.29 is 27.1 Å². The van der Waals surface area contributed by atoms with Crippen LogP contribution in [0.3, 0.4) is 0 Å². The van der Waals surface area contributed by atoms with Crippen LogP contribution in [0.1, 0.15) is 34.6 Å². The summed E-state index contributed by atoms with van der Waals surface area (Å²) in [5, 5.41) is 0. The van der Waals surface area contributed by atoms with Gasteiger partial charge >= 0.3 is 0 Å². The average Bonchev–Trinajstić information content (AvgIpc) is 2.75. The van der Waals surface area contributed by atoms with E-state index in [2.05, 4.69) is 48.1 Å². The molecule has 0 bridgehead atoms. The summed E-state index contributed by atoms with van der Waals surface area (Å²) in [4.78, 5) is 0.207. The van der Waals surface area contributed by atoms with Crippen LogP contribution in [0.5, 0.6) is 0 Å². The third-order valence-electron chi connectivity index (χ3n) is 6.27. The van der Waals surface area contributed by atoms with E-state index in [0.717, 1.165) is 18.1 Å². The molecule has 3 rings (SSSR count). The lowest BCUT2D eigenvalue weighted by molar-refractivity contribution is -0.340. The molecule has 2 saturated heterocycles. The molecule has 1 aromatic rings. The highest BCUT2D eigenvalue weighted by molar-refractivity contribution is 14.1. The minimum atomic E-state index is -3.74. The van der Waals surface area contributed by atoms with Crippen LogP contribution in [-0.4, -0.2) is 57.6 Å². The van der Waals surface area contributed by atoms with Crippen molar-refractivity contribution in [3.63, 3.8) is 0 Å². The number of fused-ring (bicyclic) bond motifs is 1. The first-order valence-electron chi connectivity index (χ1n) is 10.9. The first-order valence-corrected chi connectivity index (χ1v) is 16.2. The van der Waals surface area contributed by atoms with Crippen LogP contribution in [0.25, 0.3) is 0 Å². The van der Waals surface area contributed by atoms with Crippen LogP contribution < -0.4 is 4.72 Å². The molecule has 1 aromatic carbocycles. The van der Waals surface area contributed by atoms with E-state index in [0.29, 0.717) is 6.61 Å². The van der Waals surface area contributed by atoms with Crippen LogP contribution >= 0.6 is 22.6 Å². The number of nitrogens with one attached hydrogen (secondary N) is 1. The molecule has 0 unspecified atom stereocenters. The van der Waals surface area contributed by atoms with E-state index >= 15 is 0 Å². The number of sulfonamides is 1. The molecule has 0 radical (unpaired) electrons. The monoisotopic (exact) mass is 583 g/mol. The predicted molar refractivity (Wildman–Crippen MR) is 130 cm³/mol. The van der Waals surface area contributed by atoms with Gasteiger partial charge in [0.25, 0.3) is 0 Å². The van der Waals surface area contributed by atoms with Crippen molar-refractivity contribution in [2.24, 2.45) is 0 Å². The third kappa shape index (κ3) is 5.71. The van der Waals surface area contributed by atoms with Crippen molar-refractivity contribution in [3.8, 4) is 0 Å². The van der Waals surface area contributed by atoms with E-state index in [1.807, 2.05) is 13.8 Å². The molecular formula is C21H34INO6SSi. The van der Waals surface area contributed by atoms with Crippen molar-refractivity contribution in [2.75, 3.05) is 6.61 Å². The molecule has 0 aromatic heterocycles. The number of benzene rings is 1. The minimum Gasteiger partial charge on any atom is -0.410 e. The molecule has 176 valence electrons. The van der Waals surface area contributed by atoms with E-state index in [4.69, 9.17) is 18.6 Å². The molecule has 7 nitrogen and oxygen atoms in total. The maximum absolute atomic E-state index is 13.0. The highest BCUT2D eigenvalue weighted by atomic mass is 127. The third-order valence-corrected chi connectivity index (χ3v) is 13.7. The van der Waals surface area contributed by atoms with Gasteiger partial charge in [-0.05, 0) is 44.1 Å². The topological polar surface area (TPSA) is 83.1 Å². The van der Waals surface area contributed by atoms with Gasteiger partial charge in [0.2, 0.25) is 10.0 Å². The fraction of sp³-hybridized carbons (Fsp3) is 0.714. The second kappa shape index (κ2) is 10.0. The van der Waals surface area contributed by atoms with Crippen molar-refractivity contribution in [3.05, 3.63) is 30.3 Å². The zero-order valence-electron chi connectivity index (χ0n) is 18.8. The smallest absolute Gasteiger partial charge is 0.242 e. The summed E-state index contributed by atoms with van der Waals surface area (Å²) in [6.07, 6.45) is -1.77. The molecule has 2 aliphatic heterocycles. The molecule has 31 heavy (non-hydrogen) atoms. The Morgan fingerprint density at radius 2 is 1.77 bits per heavy atom. The second-order valence-corrected chi connectivity index (χ2v) is 16.5. The molecule has 2 heterocycles. The van der Waals surface area contributed by atoms with Crippen LogP contribution in [-0.2, 0) is 28.7 Å². The molecule has 0 spiro atoms. The van der Waals surface area contributed by atoms with Gasteiger partial charge in [0.05, 0.1) is 21.5 Å². The Morgan fingerprint density at radius 3 is 2.35 bits per heavy atom. The quantitative estimate of drug-likeness (QED) is 0.283. The summed E-state index contributed by atoms with van der Waals surface area (Å²) < 4.78 is 53.6. The number of halogens is 1. The molecule has 1 N–H and O–H groups in total. The summed E-state index contributed by atoms with van der Waals surface area (Å²) in [5.74, 6) is -0.742. The highest BCUT2D eigenvalue weighted by Gasteiger charge is 2.53. The molecule has 0 amide bonds. The minimum absolute atomic E-state index is 0.207. The highest BCUT2D eigenvalue weighted by Crippen LogP contribution is 2.39. The van der Waals surface area contributed by atoms with E-state index in [9.17, 15) is 8.42 Å².